The maximum Gasteiger partial charge on any atom is 0.228 e. The van der Waals surface area contributed by atoms with Crippen LogP contribution in [0.2, 0.25) is 0 Å². The van der Waals surface area contributed by atoms with E-state index in [1.165, 1.54) is 0 Å². The molecule has 0 spiro atoms. The van der Waals surface area contributed by atoms with Gasteiger partial charge in [0.2, 0.25) is 5.95 Å². The highest BCUT2D eigenvalue weighted by molar-refractivity contribution is 5.54. The summed E-state index contributed by atoms with van der Waals surface area (Å²) in [6.07, 6.45) is 0. The molecule has 0 aliphatic rings. The molecular weight excluding hydrogens is 212 g/mol. The van der Waals surface area contributed by atoms with Gasteiger partial charge < -0.3 is 5.32 Å². The monoisotopic (exact) mass is 224 g/mol. The van der Waals surface area contributed by atoms with Crippen molar-refractivity contribution in [3.8, 4) is 6.07 Å². The van der Waals surface area contributed by atoms with Crippen LogP contribution in [0.15, 0.2) is 30.3 Å². The molecule has 2 aromatic rings. The number of aromatic nitrogens is 2. The third-order valence-electron chi connectivity index (χ3n) is 2.53. The number of para-hydroxylation sites is 1. The molecule has 1 aromatic carbocycles. The fraction of sp³-hybridized carbons (Fsp3) is 0.154. The van der Waals surface area contributed by atoms with Gasteiger partial charge in [0, 0.05) is 16.9 Å². The first-order valence-electron chi connectivity index (χ1n) is 5.28. The van der Waals surface area contributed by atoms with Crippen LogP contribution in [0, 0.1) is 25.2 Å². The SMILES string of the molecule is Cc1nc(Nc2ccccc2)nc(C#N)c1C. The number of hydrogen-bond acceptors (Lipinski definition) is 4. The van der Waals surface area contributed by atoms with Crippen LogP contribution >= 0.6 is 0 Å². The highest BCUT2D eigenvalue weighted by atomic mass is 15.1. The van der Waals surface area contributed by atoms with Gasteiger partial charge in [0.05, 0.1) is 0 Å². The molecule has 1 aromatic heterocycles. The summed E-state index contributed by atoms with van der Waals surface area (Å²) in [5, 5.41) is 12.0. The van der Waals surface area contributed by atoms with Crippen molar-refractivity contribution < 1.29 is 0 Å². The van der Waals surface area contributed by atoms with Crippen LogP contribution in [0.25, 0.3) is 0 Å². The third-order valence-corrected chi connectivity index (χ3v) is 2.53. The molecule has 0 saturated heterocycles. The van der Waals surface area contributed by atoms with Crippen molar-refractivity contribution >= 4 is 11.6 Å². The Bertz CT molecular complexity index is 570. The van der Waals surface area contributed by atoms with Crippen LogP contribution in [-0.4, -0.2) is 9.97 Å². The zero-order chi connectivity index (χ0) is 12.3. The molecule has 84 valence electrons. The summed E-state index contributed by atoms with van der Waals surface area (Å²) in [5.41, 5.74) is 2.96. The first-order chi connectivity index (χ1) is 8.20. The van der Waals surface area contributed by atoms with Gasteiger partial charge in [0.1, 0.15) is 11.8 Å². The molecule has 0 fully saturated rings. The van der Waals surface area contributed by atoms with E-state index in [4.69, 9.17) is 5.26 Å². The minimum atomic E-state index is 0.413. The predicted octanol–water partition coefficient (Wildman–Crippen LogP) is 2.71. The third kappa shape index (κ3) is 2.40. The maximum atomic E-state index is 8.97. The number of nitriles is 1. The average molecular weight is 224 g/mol. The molecule has 0 aliphatic carbocycles. The molecule has 0 amide bonds. The quantitative estimate of drug-likeness (QED) is 0.851. The van der Waals surface area contributed by atoms with Crippen molar-refractivity contribution in [3.63, 3.8) is 0 Å². The van der Waals surface area contributed by atoms with E-state index in [2.05, 4.69) is 21.4 Å². The number of benzene rings is 1. The summed E-state index contributed by atoms with van der Waals surface area (Å²) in [4.78, 5) is 8.47. The lowest BCUT2D eigenvalue weighted by molar-refractivity contribution is 1.05. The lowest BCUT2D eigenvalue weighted by atomic mass is 10.2. The van der Waals surface area contributed by atoms with E-state index in [9.17, 15) is 0 Å². The Labute approximate surface area is 100.0 Å². The minimum Gasteiger partial charge on any atom is -0.324 e. The Morgan fingerprint density at radius 2 is 1.82 bits per heavy atom. The van der Waals surface area contributed by atoms with E-state index in [1.54, 1.807) is 0 Å². The lowest BCUT2D eigenvalue weighted by Crippen LogP contribution is -2.03. The number of anilines is 2. The summed E-state index contributed by atoms with van der Waals surface area (Å²) in [7, 11) is 0. The molecule has 0 saturated carbocycles. The summed E-state index contributed by atoms with van der Waals surface area (Å²) >= 11 is 0. The van der Waals surface area contributed by atoms with Gasteiger partial charge in [-0.25, -0.2) is 9.97 Å². The minimum absolute atomic E-state index is 0.413. The molecule has 0 radical (unpaired) electrons. The van der Waals surface area contributed by atoms with E-state index in [0.29, 0.717) is 11.6 Å². The highest BCUT2D eigenvalue weighted by Gasteiger charge is 2.07. The fourth-order valence-corrected chi connectivity index (χ4v) is 1.44. The van der Waals surface area contributed by atoms with E-state index in [-0.39, 0.29) is 0 Å². The Balaban J connectivity index is 2.35. The normalized spacial score (nSPS) is 9.71. The van der Waals surface area contributed by atoms with Gasteiger partial charge in [-0.15, -0.1) is 0 Å². The Kier molecular flexibility index (Phi) is 3.01. The topological polar surface area (TPSA) is 61.6 Å². The molecule has 17 heavy (non-hydrogen) atoms. The van der Waals surface area contributed by atoms with Gasteiger partial charge in [0.25, 0.3) is 0 Å². The Hall–Kier alpha value is -2.41. The smallest absolute Gasteiger partial charge is 0.228 e. The molecule has 1 N–H and O–H groups in total. The van der Waals surface area contributed by atoms with Gasteiger partial charge in [-0.2, -0.15) is 5.26 Å². The number of nitrogens with zero attached hydrogens (tertiary/aromatic N) is 3. The molecule has 4 heteroatoms. The van der Waals surface area contributed by atoms with Crippen LogP contribution in [-0.2, 0) is 0 Å². The van der Waals surface area contributed by atoms with Crippen molar-refractivity contribution in [1.82, 2.24) is 9.97 Å². The number of nitrogens with one attached hydrogen (secondary N) is 1. The Morgan fingerprint density at radius 1 is 1.12 bits per heavy atom. The van der Waals surface area contributed by atoms with Crippen LogP contribution in [0.1, 0.15) is 17.0 Å². The van der Waals surface area contributed by atoms with E-state index in [1.807, 2.05) is 44.2 Å². The van der Waals surface area contributed by atoms with Gasteiger partial charge in [-0.1, -0.05) is 18.2 Å². The van der Waals surface area contributed by atoms with E-state index >= 15 is 0 Å². The molecule has 4 nitrogen and oxygen atoms in total. The second-order valence-corrected chi connectivity index (χ2v) is 3.71. The number of hydrogen-bond donors (Lipinski definition) is 1. The van der Waals surface area contributed by atoms with Crippen LogP contribution in [0.4, 0.5) is 11.6 Å². The summed E-state index contributed by atoms with van der Waals surface area (Å²) in [6, 6.07) is 11.7. The van der Waals surface area contributed by atoms with Crippen molar-refractivity contribution in [3.05, 3.63) is 47.3 Å². The maximum absolute atomic E-state index is 8.97. The van der Waals surface area contributed by atoms with Crippen molar-refractivity contribution in [2.45, 2.75) is 13.8 Å². The molecule has 0 aliphatic heterocycles. The van der Waals surface area contributed by atoms with Gasteiger partial charge in [-0.3, -0.25) is 0 Å². The summed E-state index contributed by atoms with van der Waals surface area (Å²) in [6.45, 7) is 3.72. The zero-order valence-electron chi connectivity index (χ0n) is 9.73. The first kappa shape index (κ1) is 11.1. The average Bonchev–Trinajstić information content (AvgIpc) is 2.35. The van der Waals surface area contributed by atoms with Crippen molar-refractivity contribution in [2.75, 3.05) is 5.32 Å². The van der Waals surface area contributed by atoms with Gasteiger partial charge in [-0.05, 0) is 26.0 Å². The van der Waals surface area contributed by atoms with Crippen LogP contribution in [0.5, 0.6) is 0 Å². The van der Waals surface area contributed by atoms with Crippen LogP contribution in [0.3, 0.4) is 0 Å². The fourth-order valence-electron chi connectivity index (χ4n) is 1.44. The van der Waals surface area contributed by atoms with E-state index in [0.717, 1.165) is 16.9 Å². The van der Waals surface area contributed by atoms with Gasteiger partial charge in [0.15, 0.2) is 0 Å². The largest absolute Gasteiger partial charge is 0.324 e. The molecule has 0 unspecified atom stereocenters. The second-order valence-electron chi connectivity index (χ2n) is 3.71. The summed E-state index contributed by atoms with van der Waals surface area (Å²) < 4.78 is 0. The Morgan fingerprint density at radius 3 is 2.47 bits per heavy atom. The zero-order valence-corrected chi connectivity index (χ0v) is 9.73. The van der Waals surface area contributed by atoms with Crippen LogP contribution < -0.4 is 5.32 Å². The molecule has 0 atom stereocenters. The summed E-state index contributed by atoms with van der Waals surface area (Å²) in [5.74, 6) is 0.454. The molecular formula is C13H12N4. The highest BCUT2D eigenvalue weighted by Crippen LogP contribution is 2.15. The standard InChI is InChI=1S/C13H12N4/c1-9-10(2)15-13(17-12(9)8-14)16-11-6-4-3-5-7-11/h3-7H,1-2H3,(H,15,16,17). The van der Waals surface area contributed by atoms with Crippen molar-refractivity contribution in [1.29, 1.82) is 5.26 Å². The molecule has 1 heterocycles. The number of rotatable bonds is 2. The van der Waals surface area contributed by atoms with Gasteiger partial charge >= 0.3 is 0 Å². The first-order valence-corrected chi connectivity index (χ1v) is 5.28. The number of aryl methyl sites for hydroxylation is 1. The molecule has 2 rings (SSSR count). The molecule has 0 bridgehead atoms. The second kappa shape index (κ2) is 4.62. The lowest BCUT2D eigenvalue weighted by Gasteiger charge is -2.07. The van der Waals surface area contributed by atoms with Crippen molar-refractivity contribution in [2.24, 2.45) is 0 Å². The predicted molar refractivity (Wildman–Crippen MR) is 65.9 cm³/mol. The van der Waals surface area contributed by atoms with E-state index < -0.39 is 0 Å².